The summed E-state index contributed by atoms with van der Waals surface area (Å²) in [6.07, 6.45) is 1.42. The number of carbonyl (C=O) groups excluding carboxylic acids is 1. The van der Waals surface area contributed by atoms with Crippen LogP contribution in [0.3, 0.4) is 0 Å². The summed E-state index contributed by atoms with van der Waals surface area (Å²) < 4.78 is 5.55. The Morgan fingerprint density at radius 2 is 2.50 bits per heavy atom. The average molecular weight is 241 g/mol. The smallest absolute Gasteiger partial charge is 0.161 e. The van der Waals surface area contributed by atoms with Crippen LogP contribution in [0, 0.1) is 0 Å². The zero-order valence-corrected chi connectivity index (χ0v) is 9.75. The van der Waals surface area contributed by atoms with E-state index >= 15 is 0 Å². The topological polar surface area (TPSA) is 51.2 Å². The predicted octanol–water partition coefficient (Wildman–Crippen LogP) is 1.60. The molecule has 1 aromatic heterocycles. The number of halogens is 1. The highest BCUT2D eigenvalue weighted by Gasteiger charge is 2.20. The lowest BCUT2D eigenvalue weighted by Crippen LogP contribution is -2.33. The molecule has 4 nitrogen and oxygen atoms in total. The Kier molecular flexibility index (Phi) is 3.53. The summed E-state index contributed by atoms with van der Waals surface area (Å²) in [5.74, 6) is -0.0383. The van der Waals surface area contributed by atoms with Gasteiger partial charge < -0.3 is 10.1 Å². The molecule has 2 heterocycles. The Hall–Kier alpha value is -0.970. The minimum absolute atomic E-state index is 0.0383. The first kappa shape index (κ1) is 11.5. The molecule has 1 fully saturated rings. The second-order valence-electron chi connectivity index (χ2n) is 3.71. The molecule has 0 aliphatic carbocycles. The van der Waals surface area contributed by atoms with Crippen molar-refractivity contribution in [3.05, 3.63) is 28.5 Å². The fraction of sp³-hybridized carbons (Fsp3) is 0.455. The van der Waals surface area contributed by atoms with Crippen LogP contribution in [0.5, 0.6) is 0 Å². The maximum Gasteiger partial charge on any atom is 0.161 e. The summed E-state index contributed by atoms with van der Waals surface area (Å²) in [6, 6.07) is 1.64. The lowest BCUT2D eigenvalue weighted by atomic mass is 10.1. The van der Waals surface area contributed by atoms with Crippen molar-refractivity contribution >= 4 is 17.4 Å². The molecule has 0 aromatic carbocycles. The van der Waals surface area contributed by atoms with Gasteiger partial charge in [-0.1, -0.05) is 11.6 Å². The van der Waals surface area contributed by atoms with Crippen molar-refractivity contribution in [2.75, 3.05) is 19.7 Å². The van der Waals surface area contributed by atoms with Crippen LogP contribution in [0.1, 0.15) is 29.1 Å². The van der Waals surface area contributed by atoms with Crippen LogP contribution in [0.2, 0.25) is 5.02 Å². The quantitative estimate of drug-likeness (QED) is 0.798. The summed E-state index contributed by atoms with van der Waals surface area (Å²) in [5.41, 5.74) is 1.22. The molecule has 1 aromatic rings. The van der Waals surface area contributed by atoms with Crippen molar-refractivity contribution < 1.29 is 9.53 Å². The third-order valence-electron chi connectivity index (χ3n) is 2.51. The van der Waals surface area contributed by atoms with Crippen LogP contribution in [-0.4, -0.2) is 30.5 Å². The SMILES string of the molecule is CC(=O)c1cnc(C2CNCCO2)c(Cl)c1. The van der Waals surface area contributed by atoms with Crippen molar-refractivity contribution in [3.8, 4) is 0 Å². The van der Waals surface area contributed by atoms with Gasteiger partial charge in [-0.05, 0) is 13.0 Å². The second-order valence-corrected chi connectivity index (χ2v) is 4.12. The van der Waals surface area contributed by atoms with Gasteiger partial charge in [-0.2, -0.15) is 0 Å². The van der Waals surface area contributed by atoms with Gasteiger partial charge in [0.2, 0.25) is 0 Å². The summed E-state index contributed by atoms with van der Waals surface area (Å²) in [4.78, 5) is 15.3. The van der Waals surface area contributed by atoms with E-state index in [0.29, 0.717) is 29.4 Å². The van der Waals surface area contributed by atoms with E-state index in [1.54, 1.807) is 12.3 Å². The number of rotatable bonds is 2. The number of morpholine rings is 1. The number of hydrogen-bond acceptors (Lipinski definition) is 4. The van der Waals surface area contributed by atoms with Crippen LogP contribution in [0.15, 0.2) is 12.3 Å². The van der Waals surface area contributed by atoms with Gasteiger partial charge in [0.1, 0.15) is 6.10 Å². The maximum atomic E-state index is 11.1. The van der Waals surface area contributed by atoms with Gasteiger partial charge in [0, 0.05) is 24.8 Å². The first-order valence-corrected chi connectivity index (χ1v) is 5.55. The molecule has 1 aliphatic rings. The largest absolute Gasteiger partial charge is 0.369 e. The molecule has 0 radical (unpaired) electrons. The summed E-state index contributed by atoms with van der Waals surface area (Å²) in [6.45, 7) is 3.69. The van der Waals surface area contributed by atoms with E-state index in [9.17, 15) is 4.79 Å². The maximum absolute atomic E-state index is 11.1. The lowest BCUT2D eigenvalue weighted by molar-refractivity contribution is 0.0251. The molecule has 0 spiro atoms. The number of hydrogen-bond donors (Lipinski definition) is 1. The number of ketones is 1. The number of Topliss-reactive ketones (excluding diaryl/α,β-unsaturated/α-hetero) is 1. The van der Waals surface area contributed by atoms with Crippen LogP contribution in [-0.2, 0) is 4.74 Å². The Balaban J connectivity index is 2.24. The molecule has 2 rings (SSSR count). The van der Waals surface area contributed by atoms with Crippen LogP contribution in [0.4, 0.5) is 0 Å². The molecule has 0 saturated carbocycles. The number of ether oxygens (including phenoxy) is 1. The van der Waals surface area contributed by atoms with E-state index in [2.05, 4.69) is 10.3 Å². The van der Waals surface area contributed by atoms with Crippen molar-refractivity contribution in [3.63, 3.8) is 0 Å². The van der Waals surface area contributed by atoms with Crippen LogP contribution < -0.4 is 5.32 Å². The van der Waals surface area contributed by atoms with E-state index in [4.69, 9.17) is 16.3 Å². The third kappa shape index (κ3) is 2.40. The molecule has 16 heavy (non-hydrogen) atoms. The standard InChI is InChI=1S/C11H13ClN2O2/c1-7(15)8-4-9(12)11(14-5-8)10-6-13-2-3-16-10/h4-5,10,13H,2-3,6H2,1H3. The minimum atomic E-state index is -0.123. The molecule has 5 heteroatoms. The van der Waals surface area contributed by atoms with Crippen molar-refractivity contribution in [1.29, 1.82) is 0 Å². The molecule has 1 saturated heterocycles. The summed E-state index contributed by atoms with van der Waals surface area (Å²) in [7, 11) is 0. The van der Waals surface area contributed by atoms with Gasteiger partial charge in [0.25, 0.3) is 0 Å². The molecular formula is C11H13ClN2O2. The number of pyridine rings is 1. The van der Waals surface area contributed by atoms with Crippen LogP contribution in [0.25, 0.3) is 0 Å². The molecule has 1 aliphatic heterocycles. The van der Waals surface area contributed by atoms with Gasteiger partial charge >= 0.3 is 0 Å². The van der Waals surface area contributed by atoms with E-state index in [1.165, 1.54) is 6.92 Å². The van der Waals surface area contributed by atoms with Crippen LogP contribution >= 0.6 is 11.6 Å². The Morgan fingerprint density at radius 1 is 1.69 bits per heavy atom. The van der Waals surface area contributed by atoms with Gasteiger partial charge in [-0.15, -0.1) is 0 Å². The average Bonchev–Trinajstić information content (AvgIpc) is 2.30. The highest BCUT2D eigenvalue weighted by atomic mass is 35.5. The lowest BCUT2D eigenvalue weighted by Gasteiger charge is -2.23. The monoisotopic (exact) mass is 240 g/mol. The van der Waals surface area contributed by atoms with E-state index in [-0.39, 0.29) is 11.9 Å². The summed E-state index contributed by atoms with van der Waals surface area (Å²) >= 11 is 6.08. The van der Waals surface area contributed by atoms with Crippen molar-refractivity contribution in [1.82, 2.24) is 10.3 Å². The highest BCUT2D eigenvalue weighted by Crippen LogP contribution is 2.25. The number of nitrogens with one attached hydrogen (secondary N) is 1. The zero-order chi connectivity index (χ0) is 11.5. The summed E-state index contributed by atoms with van der Waals surface area (Å²) in [5, 5.41) is 3.69. The molecule has 1 unspecified atom stereocenters. The van der Waals surface area contributed by atoms with Crippen molar-refractivity contribution in [2.45, 2.75) is 13.0 Å². The number of nitrogens with zero attached hydrogens (tertiary/aromatic N) is 1. The third-order valence-corrected chi connectivity index (χ3v) is 2.81. The van der Waals surface area contributed by atoms with Gasteiger partial charge in [0.05, 0.1) is 17.3 Å². The highest BCUT2D eigenvalue weighted by molar-refractivity contribution is 6.31. The molecular weight excluding hydrogens is 228 g/mol. The van der Waals surface area contributed by atoms with E-state index < -0.39 is 0 Å². The van der Waals surface area contributed by atoms with Gasteiger partial charge in [-0.25, -0.2) is 0 Å². The molecule has 1 N–H and O–H groups in total. The number of carbonyl (C=O) groups is 1. The minimum Gasteiger partial charge on any atom is -0.369 e. The van der Waals surface area contributed by atoms with E-state index in [1.807, 2.05) is 0 Å². The fourth-order valence-electron chi connectivity index (χ4n) is 1.62. The van der Waals surface area contributed by atoms with Gasteiger partial charge in [0.15, 0.2) is 5.78 Å². The Bertz CT molecular complexity index is 403. The zero-order valence-electron chi connectivity index (χ0n) is 9.00. The van der Waals surface area contributed by atoms with Gasteiger partial charge in [-0.3, -0.25) is 9.78 Å². The molecule has 0 bridgehead atoms. The molecule has 0 amide bonds. The van der Waals surface area contributed by atoms with E-state index in [0.717, 1.165) is 6.54 Å². The first-order chi connectivity index (χ1) is 7.68. The second kappa shape index (κ2) is 4.91. The molecule has 1 atom stereocenters. The number of aromatic nitrogens is 1. The Labute approximate surface area is 99.0 Å². The fourth-order valence-corrected chi connectivity index (χ4v) is 1.91. The van der Waals surface area contributed by atoms with Crippen molar-refractivity contribution in [2.24, 2.45) is 0 Å². The first-order valence-electron chi connectivity index (χ1n) is 5.17. The normalized spacial score (nSPS) is 20.8. The Morgan fingerprint density at radius 3 is 3.06 bits per heavy atom. The predicted molar refractivity (Wildman–Crippen MR) is 60.8 cm³/mol. The molecule has 86 valence electrons.